The van der Waals surface area contributed by atoms with E-state index < -0.39 is 5.41 Å². The van der Waals surface area contributed by atoms with Crippen LogP contribution in [-0.2, 0) is 14.3 Å². The van der Waals surface area contributed by atoms with Crippen LogP contribution in [-0.4, -0.2) is 38.1 Å². The van der Waals surface area contributed by atoms with Crippen molar-refractivity contribution in [2.24, 2.45) is 5.41 Å². The van der Waals surface area contributed by atoms with Crippen molar-refractivity contribution in [3.05, 3.63) is 53.6 Å². The Morgan fingerprint density at radius 1 is 0.931 bits per heavy atom. The molecule has 0 aromatic heterocycles. The lowest BCUT2D eigenvalue weighted by Crippen LogP contribution is -2.42. The number of ether oxygens (including phenoxy) is 1. The van der Waals surface area contributed by atoms with Crippen molar-refractivity contribution in [1.29, 1.82) is 0 Å². The van der Waals surface area contributed by atoms with Gasteiger partial charge in [-0.1, -0.05) is 24.3 Å². The van der Waals surface area contributed by atoms with Gasteiger partial charge < -0.3 is 20.3 Å². The molecule has 0 saturated carbocycles. The van der Waals surface area contributed by atoms with E-state index in [2.05, 4.69) is 15.5 Å². The maximum Gasteiger partial charge on any atom is 0.239 e. The molecule has 2 aromatic carbocycles. The molecule has 1 aliphatic heterocycles. The number of carbonyl (C=O) groups is 2. The summed E-state index contributed by atoms with van der Waals surface area (Å²) >= 11 is 0. The molecule has 0 atom stereocenters. The zero-order valence-electron chi connectivity index (χ0n) is 17.5. The molecule has 2 aromatic rings. The molecule has 6 nitrogen and oxygen atoms in total. The summed E-state index contributed by atoms with van der Waals surface area (Å²) < 4.78 is 5.42. The van der Waals surface area contributed by atoms with Gasteiger partial charge in [0.2, 0.25) is 11.8 Å². The molecule has 1 saturated heterocycles. The summed E-state index contributed by atoms with van der Waals surface area (Å²) in [5, 5.41) is 5.87. The van der Waals surface area contributed by atoms with Crippen LogP contribution in [0.2, 0.25) is 0 Å². The van der Waals surface area contributed by atoms with Gasteiger partial charge in [0.25, 0.3) is 0 Å². The van der Waals surface area contributed by atoms with Crippen molar-refractivity contribution in [2.75, 3.05) is 41.8 Å². The molecular weight excluding hydrogens is 366 g/mol. The molecule has 1 fully saturated rings. The number of aryl methyl sites for hydroxylation is 2. The van der Waals surface area contributed by atoms with Gasteiger partial charge in [-0.2, -0.15) is 0 Å². The van der Waals surface area contributed by atoms with E-state index in [1.165, 1.54) is 0 Å². The van der Waals surface area contributed by atoms with Crippen molar-refractivity contribution >= 4 is 28.9 Å². The Morgan fingerprint density at radius 3 is 2.24 bits per heavy atom. The molecule has 29 heavy (non-hydrogen) atoms. The smallest absolute Gasteiger partial charge is 0.239 e. The maximum absolute atomic E-state index is 13.0. The van der Waals surface area contributed by atoms with E-state index in [0.29, 0.717) is 18.9 Å². The molecule has 154 valence electrons. The molecule has 3 rings (SSSR count). The lowest BCUT2D eigenvalue weighted by Gasteiger charge is -2.31. The van der Waals surface area contributed by atoms with Gasteiger partial charge in [0.05, 0.1) is 24.6 Å². The fourth-order valence-electron chi connectivity index (χ4n) is 3.19. The minimum atomic E-state index is -1.24. The van der Waals surface area contributed by atoms with E-state index in [-0.39, 0.29) is 11.8 Å². The Hall–Kier alpha value is -2.86. The number of amides is 2. The number of nitrogens with one attached hydrogen (secondary N) is 2. The van der Waals surface area contributed by atoms with Gasteiger partial charge in [-0.3, -0.25) is 9.59 Å². The lowest BCUT2D eigenvalue weighted by molar-refractivity contribution is -0.135. The molecular formula is C23H29N3O3. The first-order valence-corrected chi connectivity index (χ1v) is 9.91. The Morgan fingerprint density at radius 2 is 1.55 bits per heavy atom. The highest BCUT2D eigenvalue weighted by molar-refractivity contribution is 6.14. The minimum Gasteiger partial charge on any atom is -0.378 e. The fourth-order valence-corrected chi connectivity index (χ4v) is 3.19. The van der Waals surface area contributed by atoms with E-state index in [1.54, 1.807) is 13.8 Å². The Balaban J connectivity index is 1.75. The van der Waals surface area contributed by atoms with E-state index >= 15 is 0 Å². The third kappa shape index (κ3) is 4.77. The predicted octanol–water partition coefficient (Wildman–Crippen LogP) is 3.74. The van der Waals surface area contributed by atoms with Crippen molar-refractivity contribution in [1.82, 2.24) is 0 Å². The second kappa shape index (κ2) is 8.66. The molecule has 0 aliphatic carbocycles. The molecule has 0 bridgehead atoms. The number of carbonyl (C=O) groups excluding carboxylic acids is 2. The second-order valence-corrected chi connectivity index (χ2v) is 7.97. The molecule has 0 spiro atoms. The fraction of sp³-hybridized carbons (Fsp3) is 0.391. The van der Waals surface area contributed by atoms with Gasteiger partial charge in [-0.15, -0.1) is 0 Å². The lowest BCUT2D eigenvalue weighted by atomic mass is 9.90. The number of para-hydroxylation sites is 2. The van der Waals surface area contributed by atoms with Crippen molar-refractivity contribution in [3.63, 3.8) is 0 Å². The molecule has 0 radical (unpaired) electrons. The number of nitrogens with zero attached hydrogens (tertiary/aromatic N) is 1. The van der Waals surface area contributed by atoms with E-state index in [9.17, 15) is 9.59 Å². The Labute approximate surface area is 172 Å². The molecule has 1 heterocycles. The standard InChI is InChI=1S/C23H29N3O3/c1-16-9-10-17(2)19(15-16)25-22(28)23(3,4)21(27)24-18-7-5-6-8-20(18)26-11-13-29-14-12-26/h5-10,15H,11-14H2,1-4H3,(H,24,27)(H,25,28). The third-order valence-corrected chi connectivity index (χ3v) is 5.28. The zero-order valence-corrected chi connectivity index (χ0v) is 17.5. The summed E-state index contributed by atoms with van der Waals surface area (Å²) in [5.41, 5.74) is 3.13. The van der Waals surface area contributed by atoms with Crippen LogP contribution in [0.25, 0.3) is 0 Å². The largest absolute Gasteiger partial charge is 0.378 e. The van der Waals surface area contributed by atoms with Crippen LogP contribution < -0.4 is 15.5 Å². The number of hydrogen-bond acceptors (Lipinski definition) is 4. The normalized spacial score (nSPS) is 14.4. The molecule has 2 N–H and O–H groups in total. The third-order valence-electron chi connectivity index (χ3n) is 5.28. The van der Waals surface area contributed by atoms with E-state index in [1.807, 2.05) is 56.3 Å². The van der Waals surface area contributed by atoms with Crippen LogP contribution in [0.1, 0.15) is 25.0 Å². The summed E-state index contributed by atoms with van der Waals surface area (Å²) in [6.07, 6.45) is 0. The van der Waals surface area contributed by atoms with Crippen LogP contribution in [0.3, 0.4) is 0 Å². The highest BCUT2D eigenvalue weighted by Crippen LogP contribution is 2.29. The minimum absolute atomic E-state index is 0.340. The van der Waals surface area contributed by atoms with Gasteiger partial charge >= 0.3 is 0 Å². The summed E-state index contributed by atoms with van der Waals surface area (Å²) in [5.74, 6) is -0.687. The van der Waals surface area contributed by atoms with Crippen molar-refractivity contribution in [3.8, 4) is 0 Å². The quantitative estimate of drug-likeness (QED) is 0.757. The number of anilines is 3. The average molecular weight is 396 g/mol. The first-order valence-electron chi connectivity index (χ1n) is 9.91. The molecule has 6 heteroatoms. The van der Waals surface area contributed by atoms with Gasteiger partial charge in [-0.05, 0) is 57.0 Å². The Bertz CT molecular complexity index is 902. The highest BCUT2D eigenvalue weighted by atomic mass is 16.5. The van der Waals surface area contributed by atoms with Crippen LogP contribution in [0.15, 0.2) is 42.5 Å². The van der Waals surface area contributed by atoms with Gasteiger partial charge in [0.1, 0.15) is 5.41 Å². The maximum atomic E-state index is 13.0. The first-order chi connectivity index (χ1) is 13.8. The van der Waals surface area contributed by atoms with Gasteiger partial charge in [-0.25, -0.2) is 0 Å². The number of morpholine rings is 1. The Kier molecular flexibility index (Phi) is 6.23. The van der Waals surface area contributed by atoms with Crippen LogP contribution in [0, 0.1) is 19.3 Å². The number of rotatable bonds is 5. The van der Waals surface area contributed by atoms with E-state index in [4.69, 9.17) is 4.74 Å². The molecule has 2 amide bonds. The van der Waals surface area contributed by atoms with Crippen LogP contribution >= 0.6 is 0 Å². The zero-order chi connectivity index (χ0) is 21.0. The molecule has 1 aliphatic rings. The predicted molar refractivity (Wildman–Crippen MR) is 116 cm³/mol. The second-order valence-electron chi connectivity index (χ2n) is 7.97. The average Bonchev–Trinajstić information content (AvgIpc) is 2.71. The number of hydrogen-bond donors (Lipinski definition) is 2. The summed E-state index contributed by atoms with van der Waals surface area (Å²) in [6, 6.07) is 13.5. The van der Waals surface area contributed by atoms with Gasteiger partial charge in [0.15, 0.2) is 0 Å². The summed E-state index contributed by atoms with van der Waals surface area (Å²) in [6.45, 7) is 10.0. The van der Waals surface area contributed by atoms with Crippen LogP contribution in [0.4, 0.5) is 17.1 Å². The van der Waals surface area contributed by atoms with Crippen molar-refractivity contribution < 1.29 is 14.3 Å². The van der Waals surface area contributed by atoms with Crippen LogP contribution in [0.5, 0.6) is 0 Å². The van der Waals surface area contributed by atoms with Gasteiger partial charge in [0, 0.05) is 18.8 Å². The monoisotopic (exact) mass is 395 g/mol. The van der Waals surface area contributed by atoms with E-state index in [0.717, 1.165) is 35.6 Å². The summed E-state index contributed by atoms with van der Waals surface area (Å²) in [4.78, 5) is 28.1. The van der Waals surface area contributed by atoms with Crippen molar-refractivity contribution in [2.45, 2.75) is 27.7 Å². The first kappa shape index (κ1) is 20.9. The highest BCUT2D eigenvalue weighted by Gasteiger charge is 2.37. The SMILES string of the molecule is Cc1ccc(C)c(NC(=O)C(C)(C)C(=O)Nc2ccccc2N2CCOCC2)c1. The topological polar surface area (TPSA) is 70.7 Å². The molecule has 0 unspecified atom stereocenters. The number of benzene rings is 2. The summed E-state index contributed by atoms with van der Waals surface area (Å²) in [7, 11) is 0.